The van der Waals surface area contributed by atoms with Crippen LogP contribution in [-0.4, -0.2) is 45.6 Å². The van der Waals surface area contributed by atoms with Gasteiger partial charge in [0.15, 0.2) is 0 Å². The summed E-state index contributed by atoms with van der Waals surface area (Å²) in [5, 5.41) is 3.62. The van der Waals surface area contributed by atoms with Crippen molar-refractivity contribution in [1.82, 2.24) is 5.32 Å². The van der Waals surface area contributed by atoms with Gasteiger partial charge in [0.05, 0.1) is 19.9 Å². The number of anilines is 1. The number of ether oxygens (including phenoxy) is 2. The molecule has 1 fully saturated rings. The average Bonchev–Trinajstić information content (AvgIpc) is 2.88. The molecular formula is C22H26N2O2S. The molecular weight excluding hydrogens is 356 g/mol. The Morgan fingerprint density at radius 1 is 1.15 bits per heavy atom. The van der Waals surface area contributed by atoms with Gasteiger partial charge in [0.25, 0.3) is 0 Å². The van der Waals surface area contributed by atoms with Crippen molar-refractivity contribution in [3.8, 4) is 22.6 Å². The highest BCUT2D eigenvalue weighted by molar-refractivity contribution is 7.99. The molecule has 0 aromatic heterocycles. The quantitative estimate of drug-likeness (QED) is 0.863. The zero-order valence-electron chi connectivity index (χ0n) is 16.0. The van der Waals surface area contributed by atoms with Gasteiger partial charge in [0.2, 0.25) is 0 Å². The van der Waals surface area contributed by atoms with Crippen molar-refractivity contribution in [3.63, 3.8) is 0 Å². The first kappa shape index (κ1) is 17.3. The number of thioether (sulfide) groups is 1. The summed E-state index contributed by atoms with van der Waals surface area (Å²) < 4.78 is 11.1. The second kappa shape index (κ2) is 6.95. The van der Waals surface area contributed by atoms with Crippen molar-refractivity contribution in [2.75, 3.05) is 44.5 Å². The molecule has 5 heteroatoms. The summed E-state index contributed by atoms with van der Waals surface area (Å²) in [6.07, 6.45) is 2.50. The molecule has 5 rings (SSSR count). The Hall–Kier alpha value is -1.85. The molecule has 0 saturated carbocycles. The fourth-order valence-electron chi connectivity index (χ4n) is 4.92. The normalized spacial score (nSPS) is 23.4. The summed E-state index contributed by atoms with van der Waals surface area (Å²) in [6, 6.07) is 11.6. The molecule has 0 spiro atoms. The third-order valence-corrected chi connectivity index (χ3v) is 7.27. The molecule has 3 heterocycles. The van der Waals surface area contributed by atoms with Crippen LogP contribution in [0, 0.1) is 0 Å². The highest BCUT2D eigenvalue weighted by Gasteiger charge is 2.42. The standard InChI is InChI=1S/C22H26N2O2S/c1-25-15-4-5-16(20(12-15)26-2)14-10-17-18-13-23-7-6-19(18)24-8-3-9-27-21(11-14)22(17)24/h4-5,10-12,18-19,23H,3,6-9,13H2,1-2H3/t18-,19-/m1/s1. The number of hydrogen-bond acceptors (Lipinski definition) is 5. The summed E-state index contributed by atoms with van der Waals surface area (Å²) in [5.74, 6) is 3.48. The van der Waals surface area contributed by atoms with Crippen LogP contribution >= 0.6 is 11.8 Å². The van der Waals surface area contributed by atoms with E-state index < -0.39 is 0 Å². The first-order valence-electron chi connectivity index (χ1n) is 9.80. The predicted molar refractivity (Wildman–Crippen MR) is 112 cm³/mol. The maximum absolute atomic E-state index is 5.69. The summed E-state index contributed by atoms with van der Waals surface area (Å²) in [5.41, 5.74) is 5.42. The van der Waals surface area contributed by atoms with Crippen LogP contribution in [0.4, 0.5) is 5.69 Å². The predicted octanol–water partition coefficient (Wildman–Crippen LogP) is 4.13. The van der Waals surface area contributed by atoms with Crippen molar-refractivity contribution in [2.24, 2.45) is 0 Å². The molecule has 1 N–H and O–H groups in total. The van der Waals surface area contributed by atoms with Gasteiger partial charge >= 0.3 is 0 Å². The molecule has 27 heavy (non-hydrogen) atoms. The van der Waals surface area contributed by atoms with E-state index >= 15 is 0 Å². The van der Waals surface area contributed by atoms with Crippen LogP contribution in [-0.2, 0) is 0 Å². The Morgan fingerprint density at radius 3 is 2.93 bits per heavy atom. The molecule has 2 aromatic rings. The number of hydrogen-bond donors (Lipinski definition) is 1. The topological polar surface area (TPSA) is 33.7 Å². The van der Waals surface area contributed by atoms with Gasteiger partial charge in [-0.15, -0.1) is 11.8 Å². The Kier molecular flexibility index (Phi) is 4.44. The SMILES string of the molecule is COc1ccc(-c2cc3c4c(c2)[C@H]2CNCC[C@H]2N4CCCS3)c(OC)c1. The molecule has 2 atom stereocenters. The van der Waals surface area contributed by atoms with Crippen LogP contribution in [0.5, 0.6) is 11.5 Å². The summed E-state index contributed by atoms with van der Waals surface area (Å²) in [6.45, 7) is 3.41. The van der Waals surface area contributed by atoms with Crippen molar-refractivity contribution in [3.05, 3.63) is 35.9 Å². The first-order valence-corrected chi connectivity index (χ1v) is 10.8. The van der Waals surface area contributed by atoms with E-state index in [4.69, 9.17) is 9.47 Å². The van der Waals surface area contributed by atoms with Crippen LogP contribution < -0.4 is 19.7 Å². The molecule has 3 aliphatic heterocycles. The van der Waals surface area contributed by atoms with Gasteiger partial charge in [-0.3, -0.25) is 0 Å². The maximum Gasteiger partial charge on any atom is 0.130 e. The number of benzene rings is 2. The number of piperidine rings is 1. The fourth-order valence-corrected chi connectivity index (χ4v) is 5.99. The zero-order chi connectivity index (χ0) is 18.4. The lowest BCUT2D eigenvalue weighted by molar-refractivity contribution is 0.395. The number of methoxy groups -OCH3 is 2. The van der Waals surface area contributed by atoms with Gasteiger partial charge in [-0.1, -0.05) is 0 Å². The Balaban J connectivity index is 1.66. The van der Waals surface area contributed by atoms with E-state index in [1.807, 2.05) is 23.9 Å². The minimum Gasteiger partial charge on any atom is -0.497 e. The minimum atomic E-state index is 0.593. The smallest absolute Gasteiger partial charge is 0.130 e. The number of fused-ring (bicyclic) bond motifs is 3. The van der Waals surface area contributed by atoms with Crippen LogP contribution in [0.1, 0.15) is 24.3 Å². The molecule has 142 valence electrons. The van der Waals surface area contributed by atoms with E-state index in [1.165, 1.54) is 46.8 Å². The monoisotopic (exact) mass is 382 g/mol. The minimum absolute atomic E-state index is 0.593. The number of nitrogens with zero attached hydrogens (tertiary/aromatic N) is 1. The van der Waals surface area contributed by atoms with Crippen LogP contribution in [0.15, 0.2) is 35.2 Å². The lowest BCUT2D eigenvalue weighted by atomic mass is 9.88. The average molecular weight is 383 g/mol. The molecule has 3 aliphatic rings. The lowest BCUT2D eigenvalue weighted by Gasteiger charge is -2.33. The summed E-state index contributed by atoms with van der Waals surface area (Å²) in [4.78, 5) is 4.15. The van der Waals surface area contributed by atoms with E-state index in [1.54, 1.807) is 14.2 Å². The number of nitrogens with one attached hydrogen (secondary N) is 1. The molecule has 2 aromatic carbocycles. The first-order chi connectivity index (χ1) is 13.3. The van der Waals surface area contributed by atoms with Crippen molar-refractivity contribution >= 4 is 17.4 Å². The number of rotatable bonds is 3. The van der Waals surface area contributed by atoms with Crippen LogP contribution in [0.25, 0.3) is 11.1 Å². The van der Waals surface area contributed by atoms with E-state index in [-0.39, 0.29) is 0 Å². The highest BCUT2D eigenvalue weighted by atomic mass is 32.2. The van der Waals surface area contributed by atoms with Gasteiger partial charge in [0.1, 0.15) is 11.5 Å². The zero-order valence-corrected chi connectivity index (χ0v) is 16.8. The van der Waals surface area contributed by atoms with Gasteiger partial charge in [-0.05, 0) is 60.5 Å². The summed E-state index contributed by atoms with van der Waals surface area (Å²) >= 11 is 2.02. The van der Waals surface area contributed by atoms with Crippen LogP contribution in [0.3, 0.4) is 0 Å². The summed E-state index contributed by atoms with van der Waals surface area (Å²) in [7, 11) is 3.43. The maximum atomic E-state index is 5.69. The van der Waals surface area contributed by atoms with Gasteiger partial charge < -0.3 is 19.7 Å². The van der Waals surface area contributed by atoms with E-state index in [0.29, 0.717) is 12.0 Å². The van der Waals surface area contributed by atoms with E-state index in [2.05, 4.69) is 28.4 Å². The van der Waals surface area contributed by atoms with E-state index in [9.17, 15) is 0 Å². The largest absolute Gasteiger partial charge is 0.497 e. The van der Waals surface area contributed by atoms with E-state index in [0.717, 1.165) is 30.2 Å². The van der Waals surface area contributed by atoms with Gasteiger partial charge in [-0.2, -0.15) is 0 Å². The van der Waals surface area contributed by atoms with Gasteiger partial charge in [-0.25, -0.2) is 0 Å². The molecule has 0 aliphatic carbocycles. The lowest BCUT2D eigenvalue weighted by Crippen LogP contribution is -2.44. The van der Waals surface area contributed by atoms with Crippen molar-refractivity contribution < 1.29 is 9.47 Å². The Bertz CT molecular complexity index is 870. The molecule has 0 bridgehead atoms. The Labute approximate surface area is 165 Å². The Morgan fingerprint density at radius 2 is 2.07 bits per heavy atom. The molecule has 4 nitrogen and oxygen atoms in total. The molecule has 0 unspecified atom stereocenters. The third-order valence-electron chi connectivity index (χ3n) is 6.16. The molecule has 0 radical (unpaired) electrons. The van der Waals surface area contributed by atoms with Crippen molar-refractivity contribution in [1.29, 1.82) is 0 Å². The van der Waals surface area contributed by atoms with Crippen LogP contribution in [0.2, 0.25) is 0 Å². The molecule has 0 amide bonds. The second-order valence-electron chi connectivity index (χ2n) is 7.54. The second-order valence-corrected chi connectivity index (χ2v) is 8.68. The molecule has 1 saturated heterocycles. The van der Waals surface area contributed by atoms with Gasteiger partial charge in [0, 0.05) is 41.6 Å². The fraction of sp³-hybridized carbons (Fsp3) is 0.455. The third kappa shape index (κ3) is 2.79. The van der Waals surface area contributed by atoms with Crippen molar-refractivity contribution in [2.45, 2.75) is 29.7 Å². The highest BCUT2D eigenvalue weighted by Crippen LogP contribution is 2.51.